The van der Waals surface area contributed by atoms with Gasteiger partial charge in [0.05, 0.1) is 17.3 Å². The molecule has 6 heteroatoms. The fraction of sp³-hybridized carbons (Fsp3) is 0.417. The van der Waals surface area contributed by atoms with Gasteiger partial charge in [-0.1, -0.05) is 11.6 Å². The normalized spacial score (nSPS) is 15.1. The molecule has 1 fully saturated rings. The SMILES string of the molecule is Cc1ccc(-n2nc(C3CC3)c(CCl)c2Cl)nn1. The van der Waals surface area contributed by atoms with E-state index < -0.39 is 0 Å². The number of aryl methyl sites for hydroxylation is 1. The van der Waals surface area contributed by atoms with Gasteiger partial charge in [-0.05, 0) is 31.9 Å². The molecular weight excluding hydrogens is 271 g/mol. The number of aromatic nitrogens is 4. The van der Waals surface area contributed by atoms with Crippen molar-refractivity contribution in [3.05, 3.63) is 34.2 Å². The van der Waals surface area contributed by atoms with Crippen LogP contribution in [0.15, 0.2) is 12.1 Å². The van der Waals surface area contributed by atoms with Crippen LogP contribution in [0.3, 0.4) is 0 Å². The van der Waals surface area contributed by atoms with Crippen LogP contribution in [0.25, 0.3) is 5.82 Å². The Morgan fingerprint density at radius 1 is 1.33 bits per heavy atom. The van der Waals surface area contributed by atoms with Gasteiger partial charge in [0, 0.05) is 11.5 Å². The summed E-state index contributed by atoms with van der Waals surface area (Å²) in [5.74, 6) is 1.52. The number of hydrogen-bond donors (Lipinski definition) is 0. The molecule has 0 amide bonds. The first-order chi connectivity index (χ1) is 8.70. The van der Waals surface area contributed by atoms with E-state index in [1.165, 1.54) is 0 Å². The molecule has 2 aromatic heterocycles. The summed E-state index contributed by atoms with van der Waals surface area (Å²) in [6.07, 6.45) is 2.33. The monoisotopic (exact) mass is 282 g/mol. The van der Waals surface area contributed by atoms with E-state index in [4.69, 9.17) is 23.2 Å². The Kier molecular flexibility index (Phi) is 2.99. The van der Waals surface area contributed by atoms with Gasteiger partial charge in [-0.2, -0.15) is 10.2 Å². The largest absolute Gasteiger partial charge is 0.201 e. The van der Waals surface area contributed by atoms with Gasteiger partial charge in [0.15, 0.2) is 5.82 Å². The van der Waals surface area contributed by atoms with E-state index in [1.54, 1.807) is 4.68 Å². The molecule has 4 nitrogen and oxygen atoms in total. The topological polar surface area (TPSA) is 43.6 Å². The Morgan fingerprint density at radius 2 is 2.11 bits per heavy atom. The van der Waals surface area contributed by atoms with Gasteiger partial charge >= 0.3 is 0 Å². The molecule has 0 aromatic carbocycles. The van der Waals surface area contributed by atoms with E-state index in [9.17, 15) is 0 Å². The van der Waals surface area contributed by atoms with Gasteiger partial charge in [-0.25, -0.2) is 4.68 Å². The average molecular weight is 283 g/mol. The number of nitrogens with zero attached hydrogens (tertiary/aromatic N) is 4. The fourth-order valence-electron chi connectivity index (χ4n) is 1.91. The maximum absolute atomic E-state index is 6.32. The van der Waals surface area contributed by atoms with Crippen LogP contribution in [-0.4, -0.2) is 20.0 Å². The van der Waals surface area contributed by atoms with Crippen LogP contribution in [-0.2, 0) is 5.88 Å². The third-order valence-electron chi connectivity index (χ3n) is 3.05. The number of hydrogen-bond acceptors (Lipinski definition) is 3. The van der Waals surface area contributed by atoms with Gasteiger partial charge in [-0.15, -0.1) is 16.7 Å². The lowest BCUT2D eigenvalue weighted by Gasteiger charge is -2.01. The lowest BCUT2D eigenvalue weighted by molar-refractivity contribution is 0.784. The summed E-state index contributed by atoms with van der Waals surface area (Å²) < 4.78 is 1.62. The molecule has 0 atom stereocenters. The summed E-state index contributed by atoms with van der Waals surface area (Å²) in [6, 6.07) is 3.74. The van der Waals surface area contributed by atoms with Crippen LogP contribution in [0.4, 0.5) is 0 Å². The van der Waals surface area contributed by atoms with Crippen molar-refractivity contribution in [2.45, 2.75) is 31.6 Å². The Balaban J connectivity index is 2.08. The summed E-state index contributed by atoms with van der Waals surface area (Å²) in [4.78, 5) is 0. The molecule has 0 bridgehead atoms. The smallest absolute Gasteiger partial charge is 0.177 e. The summed E-state index contributed by atoms with van der Waals surface area (Å²) in [6.45, 7) is 1.89. The van der Waals surface area contributed by atoms with Crippen molar-refractivity contribution in [1.29, 1.82) is 0 Å². The molecule has 1 aliphatic carbocycles. The lowest BCUT2D eigenvalue weighted by Crippen LogP contribution is -2.02. The van der Waals surface area contributed by atoms with Crippen molar-refractivity contribution < 1.29 is 0 Å². The fourth-order valence-corrected chi connectivity index (χ4v) is 2.53. The molecule has 1 aliphatic rings. The summed E-state index contributed by atoms with van der Waals surface area (Å²) in [7, 11) is 0. The van der Waals surface area contributed by atoms with Crippen molar-refractivity contribution >= 4 is 23.2 Å². The van der Waals surface area contributed by atoms with Crippen LogP contribution < -0.4 is 0 Å². The number of alkyl halides is 1. The first kappa shape index (κ1) is 11.9. The zero-order chi connectivity index (χ0) is 12.7. The van der Waals surface area contributed by atoms with Gasteiger partial charge in [0.25, 0.3) is 0 Å². The van der Waals surface area contributed by atoms with Gasteiger partial charge in [-0.3, -0.25) is 0 Å². The Labute approximate surface area is 115 Å². The number of rotatable bonds is 3. The molecule has 0 N–H and O–H groups in total. The maximum atomic E-state index is 6.32. The summed E-state index contributed by atoms with van der Waals surface area (Å²) in [5, 5.41) is 13.2. The predicted molar refractivity (Wildman–Crippen MR) is 70.4 cm³/mol. The van der Waals surface area contributed by atoms with Crippen LogP contribution in [0.1, 0.15) is 35.7 Å². The second-order valence-corrected chi connectivity index (χ2v) is 5.13. The van der Waals surface area contributed by atoms with Gasteiger partial charge in [0.2, 0.25) is 0 Å². The molecule has 0 unspecified atom stereocenters. The summed E-state index contributed by atoms with van der Waals surface area (Å²) in [5.41, 5.74) is 2.79. The predicted octanol–water partition coefficient (Wildman–Crippen LogP) is 3.24. The summed E-state index contributed by atoms with van der Waals surface area (Å²) >= 11 is 12.3. The zero-order valence-corrected chi connectivity index (χ0v) is 11.4. The van der Waals surface area contributed by atoms with Crippen molar-refractivity contribution in [1.82, 2.24) is 20.0 Å². The first-order valence-electron chi connectivity index (χ1n) is 5.84. The highest BCUT2D eigenvalue weighted by Crippen LogP contribution is 2.43. The Hall–Kier alpha value is -1.13. The molecular formula is C12H12Cl2N4. The van der Waals surface area contributed by atoms with Gasteiger partial charge in [0.1, 0.15) is 5.15 Å². The van der Waals surface area contributed by atoms with E-state index in [1.807, 2.05) is 19.1 Å². The standard InChI is InChI=1S/C12H12Cl2N4/c1-7-2-5-10(16-15-7)18-12(14)9(6-13)11(17-18)8-3-4-8/h2,5,8H,3-4,6H2,1H3. The first-order valence-corrected chi connectivity index (χ1v) is 6.76. The maximum Gasteiger partial charge on any atom is 0.177 e. The molecule has 2 heterocycles. The minimum absolute atomic E-state index is 0.379. The quantitative estimate of drug-likeness (QED) is 0.812. The van der Waals surface area contributed by atoms with E-state index >= 15 is 0 Å². The molecule has 2 aromatic rings. The minimum Gasteiger partial charge on any atom is -0.201 e. The van der Waals surface area contributed by atoms with E-state index in [-0.39, 0.29) is 0 Å². The highest BCUT2D eigenvalue weighted by atomic mass is 35.5. The van der Waals surface area contributed by atoms with Crippen molar-refractivity contribution in [2.75, 3.05) is 0 Å². The second kappa shape index (κ2) is 4.52. The van der Waals surface area contributed by atoms with E-state index in [0.717, 1.165) is 29.8 Å². The van der Waals surface area contributed by atoms with E-state index in [0.29, 0.717) is 22.8 Å². The Morgan fingerprint density at radius 3 is 2.67 bits per heavy atom. The molecule has 0 saturated heterocycles. The highest BCUT2D eigenvalue weighted by Gasteiger charge is 2.31. The molecule has 0 aliphatic heterocycles. The molecule has 0 spiro atoms. The van der Waals surface area contributed by atoms with Crippen molar-refractivity contribution in [3.8, 4) is 5.82 Å². The highest BCUT2D eigenvalue weighted by molar-refractivity contribution is 6.31. The van der Waals surface area contributed by atoms with Crippen LogP contribution in [0.5, 0.6) is 0 Å². The molecule has 1 saturated carbocycles. The minimum atomic E-state index is 0.379. The molecule has 18 heavy (non-hydrogen) atoms. The van der Waals surface area contributed by atoms with Crippen molar-refractivity contribution in [2.24, 2.45) is 0 Å². The van der Waals surface area contributed by atoms with E-state index in [2.05, 4.69) is 15.3 Å². The van der Waals surface area contributed by atoms with Gasteiger partial charge < -0.3 is 0 Å². The lowest BCUT2D eigenvalue weighted by atomic mass is 10.2. The molecule has 0 radical (unpaired) electrons. The zero-order valence-electron chi connectivity index (χ0n) is 9.90. The number of halogens is 2. The third kappa shape index (κ3) is 1.99. The van der Waals surface area contributed by atoms with Crippen LogP contribution in [0, 0.1) is 6.92 Å². The molecule has 94 valence electrons. The second-order valence-electron chi connectivity index (χ2n) is 4.51. The van der Waals surface area contributed by atoms with Crippen LogP contribution in [0.2, 0.25) is 5.15 Å². The third-order valence-corrected chi connectivity index (χ3v) is 3.71. The molecule has 3 rings (SSSR count). The average Bonchev–Trinajstić information content (AvgIpc) is 3.15. The van der Waals surface area contributed by atoms with Crippen molar-refractivity contribution in [3.63, 3.8) is 0 Å². The Bertz CT molecular complexity index is 573. The van der Waals surface area contributed by atoms with Crippen LogP contribution >= 0.6 is 23.2 Å².